The van der Waals surface area contributed by atoms with Crippen molar-refractivity contribution in [2.45, 2.75) is 38.6 Å². The summed E-state index contributed by atoms with van der Waals surface area (Å²) in [6.45, 7) is 4.58. The van der Waals surface area contributed by atoms with Gasteiger partial charge in [0.15, 0.2) is 0 Å². The normalized spacial score (nSPS) is 32.2. The Hall–Kier alpha value is -1.09. The van der Waals surface area contributed by atoms with Crippen LogP contribution < -0.4 is 5.32 Å². The van der Waals surface area contributed by atoms with E-state index in [4.69, 9.17) is 0 Å². The van der Waals surface area contributed by atoms with Crippen molar-refractivity contribution >= 4 is 5.69 Å². The molecule has 1 fully saturated rings. The molecule has 0 bridgehead atoms. The van der Waals surface area contributed by atoms with E-state index in [1.165, 1.54) is 12.1 Å². The Morgan fingerprint density at radius 2 is 2.17 bits per heavy atom. The van der Waals surface area contributed by atoms with E-state index >= 15 is 0 Å². The average Bonchev–Trinajstić information content (AvgIpc) is 2.34. The lowest BCUT2D eigenvalue weighted by Gasteiger charge is -2.43. The highest BCUT2D eigenvalue weighted by Crippen LogP contribution is 2.38. The maximum Gasteiger partial charge on any atom is 0.125 e. The molecule has 2 N–H and O–H groups in total. The van der Waals surface area contributed by atoms with Gasteiger partial charge in [0.1, 0.15) is 5.82 Å². The van der Waals surface area contributed by atoms with E-state index < -0.39 is 0 Å². The molecule has 0 spiro atoms. The van der Waals surface area contributed by atoms with Crippen LogP contribution in [0.25, 0.3) is 0 Å². The summed E-state index contributed by atoms with van der Waals surface area (Å²) in [5.41, 5.74) is 0.463. The molecule has 1 saturated carbocycles. The largest absolute Gasteiger partial charge is 0.394 e. The molecule has 1 aliphatic carbocycles. The van der Waals surface area contributed by atoms with E-state index in [0.29, 0.717) is 11.8 Å². The summed E-state index contributed by atoms with van der Waals surface area (Å²) < 4.78 is 13.2. The van der Waals surface area contributed by atoms with Gasteiger partial charge in [0, 0.05) is 5.69 Å². The molecule has 1 aromatic carbocycles. The fourth-order valence-electron chi connectivity index (χ4n) is 2.88. The van der Waals surface area contributed by atoms with Crippen LogP contribution in [0.4, 0.5) is 10.1 Å². The smallest absolute Gasteiger partial charge is 0.125 e. The number of anilines is 1. The Labute approximate surface area is 108 Å². The number of hydrogen-bond acceptors (Lipinski definition) is 2. The summed E-state index contributed by atoms with van der Waals surface area (Å²) >= 11 is 0. The molecule has 2 nitrogen and oxygen atoms in total. The first-order chi connectivity index (χ1) is 8.54. The van der Waals surface area contributed by atoms with Gasteiger partial charge >= 0.3 is 0 Å². The topological polar surface area (TPSA) is 32.3 Å². The predicted octanol–water partition coefficient (Wildman–Crippen LogP) is 3.42. The van der Waals surface area contributed by atoms with E-state index in [1.807, 2.05) is 6.07 Å². The molecule has 0 radical (unpaired) electrons. The van der Waals surface area contributed by atoms with E-state index in [2.05, 4.69) is 19.2 Å². The van der Waals surface area contributed by atoms with Crippen molar-refractivity contribution < 1.29 is 9.50 Å². The van der Waals surface area contributed by atoms with Crippen molar-refractivity contribution in [2.24, 2.45) is 11.8 Å². The molecular formula is C15H22FNO. The number of halogens is 1. The second-order valence-corrected chi connectivity index (χ2v) is 5.77. The first kappa shape index (κ1) is 13.3. The quantitative estimate of drug-likeness (QED) is 0.862. The molecule has 1 aromatic rings. The third kappa shape index (κ3) is 2.83. The summed E-state index contributed by atoms with van der Waals surface area (Å²) in [5.74, 6) is 1.02. The molecule has 3 heteroatoms. The number of hydrogen-bond donors (Lipinski definition) is 2. The molecule has 0 saturated heterocycles. The highest BCUT2D eigenvalue weighted by molar-refractivity contribution is 5.46. The Morgan fingerprint density at radius 1 is 1.39 bits per heavy atom. The summed E-state index contributed by atoms with van der Waals surface area (Å²) in [7, 11) is 0. The van der Waals surface area contributed by atoms with Crippen LogP contribution in [0.5, 0.6) is 0 Å². The summed E-state index contributed by atoms with van der Waals surface area (Å²) in [4.78, 5) is 0. The molecule has 2 rings (SSSR count). The minimum Gasteiger partial charge on any atom is -0.394 e. The Balaban J connectivity index is 2.13. The minimum absolute atomic E-state index is 0.0978. The molecule has 100 valence electrons. The summed E-state index contributed by atoms with van der Waals surface area (Å²) in [5, 5.41) is 13.1. The van der Waals surface area contributed by atoms with Crippen LogP contribution in [0.3, 0.4) is 0 Å². The zero-order chi connectivity index (χ0) is 13.2. The van der Waals surface area contributed by atoms with Crippen LogP contribution in [-0.2, 0) is 0 Å². The lowest BCUT2D eigenvalue weighted by atomic mass is 9.71. The SMILES string of the molecule is CC1CCC(CO)(Nc2cccc(F)c2)CC1C. The van der Waals surface area contributed by atoms with Gasteiger partial charge in [-0.25, -0.2) is 4.39 Å². The molecule has 0 aromatic heterocycles. The Bertz CT molecular complexity index is 409. The average molecular weight is 251 g/mol. The van der Waals surface area contributed by atoms with E-state index in [1.54, 1.807) is 6.07 Å². The molecule has 0 heterocycles. The molecule has 0 amide bonds. The van der Waals surface area contributed by atoms with Crippen LogP contribution in [0.15, 0.2) is 24.3 Å². The van der Waals surface area contributed by atoms with E-state index in [9.17, 15) is 9.50 Å². The molecule has 1 aliphatic rings. The van der Waals surface area contributed by atoms with Gasteiger partial charge in [-0.15, -0.1) is 0 Å². The number of aliphatic hydroxyl groups is 1. The third-order valence-electron chi connectivity index (χ3n) is 4.30. The minimum atomic E-state index is -0.292. The van der Waals surface area contributed by atoms with Crippen LogP contribution in [-0.4, -0.2) is 17.3 Å². The predicted molar refractivity (Wildman–Crippen MR) is 72.0 cm³/mol. The van der Waals surface area contributed by atoms with Crippen molar-refractivity contribution in [3.05, 3.63) is 30.1 Å². The number of benzene rings is 1. The standard InChI is InChI=1S/C15H22FNO/c1-11-6-7-15(10-18,9-12(11)2)17-14-5-3-4-13(16)8-14/h3-5,8,11-12,17-18H,6-7,9-10H2,1-2H3. The van der Waals surface area contributed by atoms with Gasteiger partial charge in [-0.3, -0.25) is 0 Å². The van der Waals surface area contributed by atoms with Gasteiger partial charge in [-0.05, 0) is 49.3 Å². The maximum atomic E-state index is 13.2. The zero-order valence-electron chi connectivity index (χ0n) is 11.1. The van der Waals surface area contributed by atoms with Crippen LogP contribution in [0.2, 0.25) is 0 Å². The Morgan fingerprint density at radius 3 is 2.78 bits per heavy atom. The first-order valence-electron chi connectivity index (χ1n) is 6.69. The molecule has 3 unspecified atom stereocenters. The van der Waals surface area contributed by atoms with Crippen molar-refractivity contribution in [1.29, 1.82) is 0 Å². The first-order valence-corrected chi connectivity index (χ1v) is 6.69. The second kappa shape index (κ2) is 5.27. The fraction of sp³-hybridized carbons (Fsp3) is 0.600. The molecule has 0 aliphatic heterocycles. The van der Waals surface area contributed by atoms with E-state index in [0.717, 1.165) is 24.9 Å². The summed E-state index contributed by atoms with van der Waals surface area (Å²) in [6.07, 6.45) is 2.97. The van der Waals surface area contributed by atoms with Crippen molar-refractivity contribution in [1.82, 2.24) is 0 Å². The van der Waals surface area contributed by atoms with Crippen LogP contribution >= 0.6 is 0 Å². The number of aliphatic hydroxyl groups excluding tert-OH is 1. The van der Waals surface area contributed by atoms with Crippen LogP contribution in [0, 0.1) is 17.7 Å². The Kier molecular flexibility index (Phi) is 3.91. The molecular weight excluding hydrogens is 229 g/mol. The van der Waals surface area contributed by atoms with Gasteiger partial charge in [0.25, 0.3) is 0 Å². The lowest BCUT2D eigenvalue weighted by molar-refractivity contribution is 0.121. The number of rotatable bonds is 3. The van der Waals surface area contributed by atoms with Gasteiger partial charge in [0.2, 0.25) is 0 Å². The third-order valence-corrected chi connectivity index (χ3v) is 4.30. The van der Waals surface area contributed by atoms with Gasteiger partial charge in [-0.1, -0.05) is 19.9 Å². The zero-order valence-corrected chi connectivity index (χ0v) is 11.1. The van der Waals surface area contributed by atoms with Crippen LogP contribution in [0.1, 0.15) is 33.1 Å². The lowest BCUT2D eigenvalue weighted by Crippen LogP contribution is -2.47. The van der Waals surface area contributed by atoms with Crippen molar-refractivity contribution in [3.8, 4) is 0 Å². The van der Waals surface area contributed by atoms with Gasteiger partial charge < -0.3 is 10.4 Å². The highest BCUT2D eigenvalue weighted by Gasteiger charge is 2.37. The van der Waals surface area contributed by atoms with Gasteiger partial charge in [0.05, 0.1) is 12.1 Å². The maximum absolute atomic E-state index is 13.2. The second-order valence-electron chi connectivity index (χ2n) is 5.77. The van der Waals surface area contributed by atoms with E-state index in [-0.39, 0.29) is 18.0 Å². The molecule has 3 atom stereocenters. The highest BCUT2D eigenvalue weighted by atomic mass is 19.1. The monoisotopic (exact) mass is 251 g/mol. The molecule has 18 heavy (non-hydrogen) atoms. The summed E-state index contributed by atoms with van der Waals surface area (Å²) in [6, 6.07) is 6.46. The van der Waals surface area contributed by atoms with Crippen molar-refractivity contribution in [3.63, 3.8) is 0 Å². The number of nitrogens with one attached hydrogen (secondary N) is 1. The fourth-order valence-corrected chi connectivity index (χ4v) is 2.88. The van der Waals surface area contributed by atoms with Crippen molar-refractivity contribution in [2.75, 3.05) is 11.9 Å². The van der Waals surface area contributed by atoms with Gasteiger partial charge in [-0.2, -0.15) is 0 Å².